The van der Waals surface area contributed by atoms with Gasteiger partial charge in [-0.15, -0.1) is 0 Å². The van der Waals surface area contributed by atoms with Gasteiger partial charge in [0.15, 0.2) is 0 Å². The first-order chi connectivity index (χ1) is 11.2. The fourth-order valence-corrected chi connectivity index (χ4v) is 3.00. The first-order valence-corrected chi connectivity index (χ1v) is 7.98. The molecule has 3 rings (SSSR count). The van der Waals surface area contributed by atoms with Gasteiger partial charge in [0.05, 0.1) is 0 Å². The summed E-state index contributed by atoms with van der Waals surface area (Å²) in [6.07, 6.45) is 7.77. The first kappa shape index (κ1) is 15.5. The molecule has 0 unspecified atom stereocenters. The third kappa shape index (κ3) is 4.07. The van der Waals surface area contributed by atoms with Crippen molar-refractivity contribution in [3.8, 4) is 0 Å². The highest BCUT2D eigenvalue weighted by Crippen LogP contribution is 2.20. The highest BCUT2D eigenvalue weighted by molar-refractivity contribution is 5.48. The highest BCUT2D eigenvalue weighted by atomic mass is 16.2. The molecule has 0 bridgehead atoms. The quantitative estimate of drug-likeness (QED) is 0.938. The summed E-state index contributed by atoms with van der Waals surface area (Å²) in [5.41, 5.74) is 0.567. The van der Waals surface area contributed by atoms with E-state index >= 15 is 0 Å². The van der Waals surface area contributed by atoms with Crippen LogP contribution in [0.5, 0.6) is 0 Å². The summed E-state index contributed by atoms with van der Waals surface area (Å²) >= 11 is 0. The van der Waals surface area contributed by atoms with Crippen molar-refractivity contribution >= 4 is 6.08 Å². The monoisotopic (exact) mass is 311 g/mol. The fourth-order valence-electron chi connectivity index (χ4n) is 3.00. The molecule has 5 nitrogen and oxygen atoms in total. The Bertz CT molecular complexity index is 769. The zero-order valence-corrected chi connectivity index (χ0v) is 13.0. The zero-order valence-electron chi connectivity index (χ0n) is 13.0. The van der Waals surface area contributed by atoms with E-state index in [4.69, 9.17) is 0 Å². The number of nitrogens with one attached hydrogen (secondary N) is 1. The molecule has 2 aromatic rings. The van der Waals surface area contributed by atoms with Gasteiger partial charge in [-0.05, 0) is 18.4 Å². The number of benzene rings is 1. The van der Waals surface area contributed by atoms with Gasteiger partial charge in [-0.2, -0.15) is 0 Å². The van der Waals surface area contributed by atoms with E-state index in [0.29, 0.717) is 0 Å². The second-order valence-corrected chi connectivity index (χ2v) is 5.86. The number of aromatic amines is 1. The summed E-state index contributed by atoms with van der Waals surface area (Å²) in [5.74, 6) is 0. The number of hydrogen-bond acceptors (Lipinski definition) is 3. The van der Waals surface area contributed by atoms with E-state index in [1.807, 2.05) is 18.2 Å². The van der Waals surface area contributed by atoms with Gasteiger partial charge in [-0.3, -0.25) is 19.2 Å². The Morgan fingerprint density at radius 2 is 1.83 bits per heavy atom. The molecule has 120 valence electrons. The van der Waals surface area contributed by atoms with Crippen molar-refractivity contribution in [2.24, 2.45) is 0 Å². The van der Waals surface area contributed by atoms with Crippen molar-refractivity contribution in [2.75, 3.05) is 19.6 Å². The van der Waals surface area contributed by atoms with Crippen LogP contribution in [0.2, 0.25) is 0 Å². The van der Waals surface area contributed by atoms with Crippen molar-refractivity contribution in [2.45, 2.75) is 18.9 Å². The van der Waals surface area contributed by atoms with Crippen LogP contribution in [0.25, 0.3) is 6.08 Å². The highest BCUT2D eigenvalue weighted by Gasteiger charge is 2.20. The molecule has 1 N–H and O–H groups in total. The predicted octanol–water partition coefficient (Wildman–Crippen LogP) is 1.89. The van der Waals surface area contributed by atoms with Crippen LogP contribution >= 0.6 is 0 Å². The fraction of sp³-hybridized carbons (Fsp3) is 0.333. The summed E-state index contributed by atoms with van der Waals surface area (Å²) in [4.78, 5) is 27.7. The molecule has 1 aliphatic rings. The second-order valence-electron chi connectivity index (χ2n) is 5.86. The predicted molar refractivity (Wildman–Crippen MR) is 91.5 cm³/mol. The van der Waals surface area contributed by atoms with Crippen molar-refractivity contribution < 1.29 is 0 Å². The summed E-state index contributed by atoms with van der Waals surface area (Å²) in [7, 11) is 0. The van der Waals surface area contributed by atoms with Crippen LogP contribution in [0.1, 0.15) is 24.4 Å². The SMILES string of the molecule is O=c1ccn(C2CCN(C/C=C/c3ccccc3)CC2)c(=O)[nH]1. The number of rotatable bonds is 4. The maximum absolute atomic E-state index is 11.8. The van der Waals surface area contributed by atoms with Gasteiger partial charge in [0.25, 0.3) is 5.56 Å². The average molecular weight is 311 g/mol. The van der Waals surface area contributed by atoms with E-state index in [2.05, 4.69) is 34.2 Å². The lowest BCUT2D eigenvalue weighted by Gasteiger charge is -2.31. The van der Waals surface area contributed by atoms with Crippen LogP contribution in [0.3, 0.4) is 0 Å². The lowest BCUT2D eigenvalue weighted by molar-refractivity contribution is 0.200. The standard InChI is InChI=1S/C18H21N3O2/c22-17-10-14-21(18(23)19-17)16-8-12-20(13-9-16)11-4-7-15-5-2-1-3-6-15/h1-7,10,14,16H,8-9,11-13H2,(H,19,22,23)/b7-4+. The Morgan fingerprint density at radius 1 is 1.09 bits per heavy atom. The number of likely N-dealkylation sites (tertiary alicyclic amines) is 1. The second kappa shape index (κ2) is 7.24. The van der Waals surface area contributed by atoms with Gasteiger partial charge in [0, 0.05) is 37.9 Å². The van der Waals surface area contributed by atoms with Crippen molar-refractivity contribution in [3.05, 3.63) is 75.1 Å². The number of piperidine rings is 1. The molecule has 0 atom stereocenters. The van der Waals surface area contributed by atoms with Crippen LogP contribution in [-0.4, -0.2) is 34.1 Å². The molecule has 0 saturated carbocycles. The van der Waals surface area contributed by atoms with Gasteiger partial charge in [0.1, 0.15) is 0 Å². The molecule has 1 aromatic heterocycles. The Hall–Kier alpha value is -2.40. The summed E-state index contributed by atoms with van der Waals surface area (Å²) in [5, 5.41) is 0. The van der Waals surface area contributed by atoms with Crippen molar-refractivity contribution in [3.63, 3.8) is 0 Å². The summed E-state index contributed by atoms with van der Waals surface area (Å²) in [6.45, 7) is 2.83. The molecule has 2 heterocycles. The van der Waals surface area contributed by atoms with Crippen LogP contribution < -0.4 is 11.2 Å². The third-order valence-electron chi connectivity index (χ3n) is 4.28. The van der Waals surface area contributed by atoms with Gasteiger partial charge >= 0.3 is 5.69 Å². The van der Waals surface area contributed by atoms with E-state index in [0.717, 1.165) is 32.5 Å². The molecule has 23 heavy (non-hydrogen) atoms. The molecule has 0 amide bonds. The normalized spacial score (nSPS) is 16.9. The lowest BCUT2D eigenvalue weighted by atomic mass is 10.0. The minimum Gasteiger partial charge on any atom is -0.300 e. The smallest absolute Gasteiger partial charge is 0.300 e. The Kier molecular flexibility index (Phi) is 4.88. The first-order valence-electron chi connectivity index (χ1n) is 7.98. The van der Waals surface area contributed by atoms with Gasteiger partial charge in [0.2, 0.25) is 0 Å². The molecule has 0 radical (unpaired) electrons. The van der Waals surface area contributed by atoms with Gasteiger partial charge < -0.3 is 0 Å². The van der Waals surface area contributed by atoms with E-state index in [-0.39, 0.29) is 17.3 Å². The number of hydrogen-bond donors (Lipinski definition) is 1. The molecule has 1 fully saturated rings. The van der Waals surface area contributed by atoms with Crippen LogP contribution in [0.15, 0.2) is 58.3 Å². The van der Waals surface area contributed by atoms with E-state index in [1.54, 1.807) is 10.8 Å². The molecule has 0 aliphatic carbocycles. The molecule has 1 aromatic carbocycles. The molecule has 1 saturated heterocycles. The Morgan fingerprint density at radius 3 is 2.52 bits per heavy atom. The lowest BCUT2D eigenvalue weighted by Crippen LogP contribution is -2.39. The average Bonchev–Trinajstić information content (AvgIpc) is 2.57. The maximum Gasteiger partial charge on any atom is 0.328 e. The van der Waals surface area contributed by atoms with Gasteiger partial charge in [-0.1, -0.05) is 42.5 Å². The third-order valence-corrected chi connectivity index (χ3v) is 4.28. The van der Waals surface area contributed by atoms with Crippen LogP contribution in [0.4, 0.5) is 0 Å². The van der Waals surface area contributed by atoms with Crippen LogP contribution in [-0.2, 0) is 0 Å². The molecule has 1 aliphatic heterocycles. The molecule has 0 spiro atoms. The van der Waals surface area contributed by atoms with E-state index in [9.17, 15) is 9.59 Å². The number of aromatic nitrogens is 2. The largest absolute Gasteiger partial charge is 0.328 e. The minimum absolute atomic E-state index is 0.175. The summed E-state index contributed by atoms with van der Waals surface area (Å²) in [6, 6.07) is 11.8. The van der Waals surface area contributed by atoms with Crippen LogP contribution in [0, 0.1) is 0 Å². The van der Waals surface area contributed by atoms with Crippen molar-refractivity contribution in [1.82, 2.24) is 14.5 Å². The van der Waals surface area contributed by atoms with Gasteiger partial charge in [-0.25, -0.2) is 4.79 Å². The van der Waals surface area contributed by atoms with Crippen molar-refractivity contribution in [1.29, 1.82) is 0 Å². The Labute approximate surface area is 134 Å². The Balaban J connectivity index is 1.53. The molecular weight excluding hydrogens is 290 g/mol. The zero-order chi connectivity index (χ0) is 16.1. The number of H-pyrrole nitrogens is 1. The molecular formula is C18H21N3O2. The maximum atomic E-state index is 11.8. The minimum atomic E-state index is -0.338. The summed E-state index contributed by atoms with van der Waals surface area (Å²) < 4.78 is 1.65. The van der Waals surface area contributed by atoms with E-state index < -0.39 is 0 Å². The topological polar surface area (TPSA) is 58.1 Å². The van der Waals surface area contributed by atoms with E-state index in [1.165, 1.54) is 11.6 Å². The number of nitrogens with zero attached hydrogens (tertiary/aromatic N) is 2. The molecule has 5 heteroatoms.